The van der Waals surface area contributed by atoms with E-state index in [1.165, 1.54) is 0 Å². The van der Waals surface area contributed by atoms with Crippen molar-refractivity contribution < 1.29 is 19.7 Å². The van der Waals surface area contributed by atoms with E-state index in [-0.39, 0.29) is 12.7 Å². The van der Waals surface area contributed by atoms with Crippen LogP contribution in [0.25, 0.3) is 0 Å². The van der Waals surface area contributed by atoms with Crippen LogP contribution in [0.4, 0.5) is 4.79 Å². The van der Waals surface area contributed by atoms with Crippen LogP contribution in [0, 0.1) is 5.92 Å². The first kappa shape index (κ1) is 12.3. The number of amides is 1. The van der Waals surface area contributed by atoms with Crippen molar-refractivity contribution in [3.63, 3.8) is 0 Å². The van der Waals surface area contributed by atoms with E-state index in [2.05, 4.69) is 0 Å². The fourth-order valence-electron chi connectivity index (χ4n) is 2.08. The van der Waals surface area contributed by atoms with Crippen molar-refractivity contribution in [2.24, 2.45) is 11.7 Å². The van der Waals surface area contributed by atoms with Gasteiger partial charge in [-0.1, -0.05) is 0 Å². The predicted octanol–water partition coefficient (Wildman–Crippen LogP) is 0.384. The Kier molecular flexibility index (Phi) is 4.84. The summed E-state index contributed by atoms with van der Waals surface area (Å²) in [6, 6.07) is 0. The number of aliphatic hydroxyl groups is 2. The highest BCUT2D eigenvalue weighted by atomic mass is 16.6. The SMILES string of the molecule is NC(=O)O[C@@H](CO)CC1CCC(O)CC1. The Balaban J connectivity index is 2.28. The summed E-state index contributed by atoms with van der Waals surface area (Å²) in [5, 5.41) is 18.3. The molecule has 0 bridgehead atoms. The molecule has 1 saturated carbocycles. The molecular formula is C10H19NO4. The van der Waals surface area contributed by atoms with E-state index in [4.69, 9.17) is 15.6 Å². The second kappa shape index (κ2) is 5.92. The zero-order chi connectivity index (χ0) is 11.3. The molecule has 0 radical (unpaired) electrons. The molecule has 0 spiro atoms. The molecule has 0 heterocycles. The second-order valence-corrected chi connectivity index (χ2v) is 4.15. The van der Waals surface area contributed by atoms with Gasteiger partial charge in [-0.05, 0) is 38.0 Å². The van der Waals surface area contributed by atoms with Crippen molar-refractivity contribution in [1.29, 1.82) is 0 Å². The smallest absolute Gasteiger partial charge is 0.404 e. The molecule has 5 nitrogen and oxygen atoms in total. The maximum Gasteiger partial charge on any atom is 0.404 e. The van der Waals surface area contributed by atoms with E-state index in [9.17, 15) is 9.90 Å². The standard InChI is InChI=1S/C10H19NO4/c11-10(14)15-9(6-12)5-7-1-3-8(13)4-2-7/h7-9,12-13H,1-6H2,(H2,11,14)/t7?,8?,9-/m1/s1. The van der Waals surface area contributed by atoms with Crippen LogP contribution in [-0.2, 0) is 4.74 Å². The zero-order valence-electron chi connectivity index (χ0n) is 8.76. The molecule has 0 aromatic carbocycles. The maximum atomic E-state index is 10.5. The molecule has 0 aromatic heterocycles. The van der Waals surface area contributed by atoms with Gasteiger partial charge in [0.25, 0.3) is 0 Å². The van der Waals surface area contributed by atoms with Crippen molar-refractivity contribution in [1.82, 2.24) is 0 Å². The fraction of sp³-hybridized carbons (Fsp3) is 0.900. The topological polar surface area (TPSA) is 92.8 Å². The van der Waals surface area contributed by atoms with Gasteiger partial charge < -0.3 is 20.7 Å². The first-order chi connectivity index (χ1) is 7.11. The number of carbonyl (C=O) groups excluding carboxylic acids is 1. The molecular weight excluding hydrogens is 198 g/mol. The predicted molar refractivity (Wildman–Crippen MR) is 54.1 cm³/mol. The molecule has 1 amide bonds. The molecule has 88 valence electrons. The van der Waals surface area contributed by atoms with Crippen LogP contribution in [0.3, 0.4) is 0 Å². The normalized spacial score (nSPS) is 28.4. The van der Waals surface area contributed by atoms with Gasteiger partial charge in [0.1, 0.15) is 6.10 Å². The van der Waals surface area contributed by atoms with Gasteiger partial charge in [-0.15, -0.1) is 0 Å². The zero-order valence-corrected chi connectivity index (χ0v) is 8.76. The summed E-state index contributed by atoms with van der Waals surface area (Å²) in [6.07, 6.45) is 2.52. The first-order valence-electron chi connectivity index (χ1n) is 5.36. The number of ether oxygens (including phenoxy) is 1. The molecule has 4 N–H and O–H groups in total. The van der Waals surface area contributed by atoms with Crippen molar-refractivity contribution in [3.8, 4) is 0 Å². The molecule has 0 saturated heterocycles. The quantitative estimate of drug-likeness (QED) is 0.634. The van der Waals surface area contributed by atoms with E-state index in [0.717, 1.165) is 25.7 Å². The second-order valence-electron chi connectivity index (χ2n) is 4.15. The highest BCUT2D eigenvalue weighted by Crippen LogP contribution is 2.28. The minimum Gasteiger partial charge on any atom is -0.444 e. The largest absolute Gasteiger partial charge is 0.444 e. The van der Waals surface area contributed by atoms with Gasteiger partial charge in [-0.3, -0.25) is 0 Å². The fourth-order valence-corrected chi connectivity index (χ4v) is 2.08. The van der Waals surface area contributed by atoms with Crippen molar-refractivity contribution in [2.75, 3.05) is 6.61 Å². The number of carbonyl (C=O) groups is 1. The van der Waals surface area contributed by atoms with Gasteiger partial charge in [-0.25, -0.2) is 4.79 Å². The Morgan fingerprint density at radius 1 is 1.40 bits per heavy atom. The van der Waals surface area contributed by atoms with Crippen LogP contribution in [0.1, 0.15) is 32.1 Å². The van der Waals surface area contributed by atoms with Gasteiger partial charge in [-0.2, -0.15) is 0 Å². The van der Waals surface area contributed by atoms with E-state index < -0.39 is 12.2 Å². The molecule has 0 aromatic rings. The number of nitrogens with two attached hydrogens (primary N) is 1. The van der Waals surface area contributed by atoms with E-state index in [1.807, 2.05) is 0 Å². The lowest BCUT2D eigenvalue weighted by atomic mass is 9.84. The number of hydrogen-bond acceptors (Lipinski definition) is 4. The Hall–Kier alpha value is -0.810. The summed E-state index contributed by atoms with van der Waals surface area (Å²) in [5.41, 5.74) is 4.88. The van der Waals surface area contributed by atoms with E-state index in [1.54, 1.807) is 0 Å². The van der Waals surface area contributed by atoms with Crippen LogP contribution in [0.15, 0.2) is 0 Å². The molecule has 1 fully saturated rings. The van der Waals surface area contributed by atoms with Crippen molar-refractivity contribution in [2.45, 2.75) is 44.3 Å². The first-order valence-corrected chi connectivity index (χ1v) is 5.36. The van der Waals surface area contributed by atoms with Gasteiger partial charge in [0.2, 0.25) is 0 Å². The highest BCUT2D eigenvalue weighted by molar-refractivity contribution is 5.64. The Morgan fingerprint density at radius 2 is 2.00 bits per heavy atom. The molecule has 15 heavy (non-hydrogen) atoms. The van der Waals surface area contributed by atoms with Crippen molar-refractivity contribution >= 4 is 6.09 Å². The molecule has 1 rings (SSSR count). The van der Waals surface area contributed by atoms with Crippen molar-refractivity contribution in [3.05, 3.63) is 0 Å². The number of aliphatic hydroxyl groups excluding tert-OH is 2. The molecule has 5 heteroatoms. The average molecular weight is 217 g/mol. The summed E-state index contributed by atoms with van der Waals surface area (Å²) in [6.45, 7) is -0.192. The molecule has 0 aliphatic heterocycles. The van der Waals surface area contributed by atoms with Crippen LogP contribution in [-0.4, -0.2) is 35.1 Å². The van der Waals surface area contributed by atoms with E-state index in [0.29, 0.717) is 12.3 Å². The number of primary amides is 1. The maximum absolute atomic E-state index is 10.5. The number of hydrogen-bond donors (Lipinski definition) is 3. The Labute approximate surface area is 89.2 Å². The van der Waals surface area contributed by atoms with Crippen LogP contribution in [0.2, 0.25) is 0 Å². The summed E-state index contributed by atoms with van der Waals surface area (Å²) in [5.74, 6) is 0.407. The number of rotatable bonds is 4. The summed E-state index contributed by atoms with van der Waals surface area (Å²) in [7, 11) is 0. The summed E-state index contributed by atoms with van der Waals surface area (Å²) in [4.78, 5) is 10.5. The Morgan fingerprint density at radius 3 is 2.47 bits per heavy atom. The highest BCUT2D eigenvalue weighted by Gasteiger charge is 2.23. The Bertz CT molecular complexity index is 202. The molecule has 1 aliphatic rings. The molecule has 0 unspecified atom stereocenters. The third kappa shape index (κ3) is 4.48. The lowest BCUT2D eigenvalue weighted by Gasteiger charge is -2.27. The van der Waals surface area contributed by atoms with Crippen LogP contribution >= 0.6 is 0 Å². The minimum absolute atomic E-state index is 0.189. The van der Waals surface area contributed by atoms with Crippen LogP contribution in [0.5, 0.6) is 0 Å². The molecule has 1 aliphatic carbocycles. The van der Waals surface area contributed by atoms with Crippen LogP contribution < -0.4 is 5.73 Å². The summed E-state index contributed by atoms with van der Waals surface area (Å²) >= 11 is 0. The average Bonchev–Trinajstić information content (AvgIpc) is 2.19. The lowest BCUT2D eigenvalue weighted by molar-refractivity contribution is 0.0344. The third-order valence-corrected chi connectivity index (χ3v) is 2.90. The van der Waals surface area contributed by atoms with Gasteiger partial charge in [0.15, 0.2) is 0 Å². The van der Waals surface area contributed by atoms with E-state index >= 15 is 0 Å². The summed E-state index contributed by atoms with van der Waals surface area (Å²) < 4.78 is 4.76. The lowest BCUT2D eigenvalue weighted by Crippen LogP contribution is -2.29. The van der Waals surface area contributed by atoms with Gasteiger partial charge in [0, 0.05) is 0 Å². The van der Waals surface area contributed by atoms with Gasteiger partial charge >= 0.3 is 6.09 Å². The third-order valence-electron chi connectivity index (χ3n) is 2.90. The monoisotopic (exact) mass is 217 g/mol. The van der Waals surface area contributed by atoms with Gasteiger partial charge in [0.05, 0.1) is 12.7 Å². The molecule has 1 atom stereocenters. The minimum atomic E-state index is -0.843.